The standard InChI is InChI=1S/C29H38N4O4/c1-6-29(7-2)18-24(34)33(27(30)32-29)22(15-16-36-5)19-11-10-12-20(17-19)26(35)31-25-21-13-8-9-14-23(21)37-28(25,3)4/h8-14,17,22,25H,6-7,15-16,18H2,1-5H3,(H2,30,32)(H,31,35)/t22-,25?/m1/s1. The van der Waals surface area contributed by atoms with Crippen molar-refractivity contribution in [3.63, 3.8) is 0 Å². The van der Waals surface area contributed by atoms with Crippen molar-refractivity contribution in [1.82, 2.24) is 10.2 Å². The quantitative estimate of drug-likeness (QED) is 0.520. The summed E-state index contributed by atoms with van der Waals surface area (Å²) in [4.78, 5) is 33.2. The van der Waals surface area contributed by atoms with Crippen LogP contribution in [0.1, 0.15) is 86.9 Å². The second-order valence-corrected chi connectivity index (χ2v) is 10.4. The number of para-hydroxylation sites is 1. The number of nitrogens with zero attached hydrogens (tertiary/aromatic N) is 2. The number of amides is 2. The lowest BCUT2D eigenvalue weighted by molar-refractivity contribution is -0.131. The average molecular weight is 507 g/mol. The molecule has 2 heterocycles. The first-order valence-electron chi connectivity index (χ1n) is 13.0. The second-order valence-electron chi connectivity index (χ2n) is 10.4. The third-order valence-corrected chi connectivity index (χ3v) is 7.68. The monoisotopic (exact) mass is 506 g/mol. The molecule has 2 aliphatic rings. The normalized spacial score (nSPS) is 20.6. The number of methoxy groups -OCH3 is 1. The Labute approximate surface area is 219 Å². The highest BCUT2D eigenvalue weighted by Gasteiger charge is 2.43. The predicted molar refractivity (Wildman–Crippen MR) is 143 cm³/mol. The van der Waals surface area contributed by atoms with Crippen LogP contribution in [0, 0.1) is 0 Å². The minimum Gasteiger partial charge on any atom is -0.485 e. The van der Waals surface area contributed by atoms with Gasteiger partial charge < -0.3 is 20.5 Å². The topological polar surface area (TPSA) is 106 Å². The van der Waals surface area contributed by atoms with Crippen molar-refractivity contribution >= 4 is 17.8 Å². The van der Waals surface area contributed by atoms with Gasteiger partial charge in [-0.1, -0.05) is 44.2 Å². The van der Waals surface area contributed by atoms with E-state index >= 15 is 0 Å². The number of nitrogens with one attached hydrogen (secondary N) is 1. The maximum atomic E-state index is 13.4. The van der Waals surface area contributed by atoms with Crippen molar-refractivity contribution < 1.29 is 19.1 Å². The summed E-state index contributed by atoms with van der Waals surface area (Å²) in [5, 5.41) is 3.16. The van der Waals surface area contributed by atoms with Gasteiger partial charge in [0.05, 0.1) is 24.0 Å². The van der Waals surface area contributed by atoms with E-state index in [1.807, 2.05) is 70.2 Å². The average Bonchev–Trinajstić information content (AvgIpc) is 3.14. The number of hydrogen-bond acceptors (Lipinski definition) is 6. The van der Waals surface area contributed by atoms with Crippen LogP contribution in [0.4, 0.5) is 0 Å². The number of carbonyl (C=O) groups is 2. The fraction of sp³-hybridized carbons (Fsp3) is 0.483. The van der Waals surface area contributed by atoms with Gasteiger partial charge in [-0.15, -0.1) is 0 Å². The molecule has 0 bridgehead atoms. The summed E-state index contributed by atoms with van der Waals surface area (Å²) in [5.41, 5.74) is 7.61. The van der Waals surface area contributed by atoms with Crippen LogP contribution >= 0.6 is 0 Å². The fourth-order valence-corrected chi connectivity index (χ4v) is 5.38. The van der Waals surface area contributed by atoms with E-state index in [1.54, 1.807) is 18.1 Å². The SMILES string of the molecule is CCC1(CC)CC(=O)N([C@H](CCOC)c2cccc(C(=O)NC3c4ccccc4OC3(C)C)c2)C(N)=N1. The zero-order chi connectivity index (χ0) is 26.8. The second kappa shape index (κ2) is 10.5. The molecule has 0 fully saturated rings. The van der Waals surface area contributed by atoms with Gasteiger partial charge in [-0.2, -0.15) is 0 Å². The largest absolute Gasteiger partial charge is 0.485 e. The fourth-order valence-electron chi connectivity index (χ4n) is 5.38. The molecule has 37 heavy (non-hydrogen) atoms. The van der Waals surface area contributed by atoms with Crippen LogP contribution < -0.4 is 15.8 Å². The number of ether oxygens (including phenoxy) is 2. The predicted octanol–water partition coefficient (Wildman–Crippen LogP) is 4.51. The van der Waals surface area contributed by atoms with Crippen molar-refractivity contribution in [1.29, 1.82) is 0 Å². The molecule has 0 saturated heterocycles. The Morgan fingerprint density at radius 2 is 1.95 bits per heavy atom. The Hall–Kier alpha value is -3.39. The maximum absolute atomic E-state index is 13.4. The number of aliphatic imine (C=N–C) groups is 1. The van der Waals surface area contributed by atoms with Crippen molar-refractivity contribution in [2.75, 3.05) is 13.7 Å². The molecule has 1 unspecified atom stereocenters. The van der Waals surface area contributed by atoms with Gasteiger partial charge in [0.1, 0.15) is 11.4 Å². The van der Waals surface area contributed by atoms with Gasteiger partial charge in [0.15, 0.2) is 5.96 Å². The number of fused-ring (bicyclic) bond motifs is 1. The molecule has 2 amide bonds. The van der Waals surface area contributed by atoms with Crippen LogP contribution in [-0.2, 0) is 9.53 Å². The first-order chi connectivity index (χ1) is 17.6. The van der Waals surface area contributed by atoms with Gasteiger partial charge in [0.2, 0.25) is 5.91 Å². The zero-order valence-electron chi connectivity index (χ0n) is 22.4. The highest BCUT2D eigenvalue weighted by molar-refractivity contribution is 6.00. The summed E-state index contributed by atoms with van der Waals surface area (Å²) < 4.78 is 11.4. The molecule has 2 aliphatic heterocycles. The number of rotatable bonds is 9. The number of guanidine groups is 1. The molecular formula is C29H38N4O4. The van der Waals surface area contributed by atoms with Crippen LogP contribution in [0.3, 0.4) is 0 Å². The third kappa shape index (κ3) is 5.21. The number of nitrogens with two attached hydrogens (primary N) is 1. The Morgan fingerprint density at radius 1 is 1.22 bits per heavy atom. The van der Waals surface area contributed by atoms with Crippen molar-refractivity contribution in [2.45, 2.75) is 76.6 Å². The minimum atomic E-state index is -0.589. The van der Waals surface area contributed by atoms with Crippen LogP contribution in [-0.4, -0.2) is 47.5 Å². The van der Waals surface area contributed by atoms with E-state index < -0.39 is 17.2 Å². The van der Waals surface area contributed by atoms with Crippen LogP contribution in [0.2, 0.25) is 0 Å². The van der Waals surface area contributed by atoms with E-state index in [0.717, 1.165) is 29.7 Å². The minimum absolute atomic E-state index is 0.0615. The molecule has 3 N–H and O–H groups in total. The van der Waals surface area contributed by atoms with Crippen molar-refractivity contribution in [3.05, 3.63) is 65.2 Å². The summed E-state index contributed by atoms with van der Waals surface area (Å²) in [6.07, 6.45) is 2.31. The Kier molecular flexibility index (Phi) is 7.59. The molecule has 0 radical (unpaired) electrons. The highest BCUT2D eigenvalue weighted by Crippen LogP contribution is 2.43. The molecule has 0 aliphatic carbocycles. The van der Waals surface area contributed by atoms with Crippen LogP contribution in [0.5, 0.6) is 5.75 Å². The number of benzene rings is 2. The van der Waals surface area contributed by atoms with E-state index in [0.29, 0.717) is 25.0 Å². The smallest absolute Gasteiger partial charge is 0.251 e. The molecule has 0 aromatic heterocycles. The molecule has 2 aromatic rings. The molecule has 2 aromatic carbocycles. The van der Waals surface area contributed by atoms with Gasteiger partial charge in [-0.3, -0.25) is 14.5 Å². The first-order valence-corrected chi connectivity index (χ1v) is 13.0. The van der Waals surface area contributed by atoms with E-state index in [1.165, 1.54) is 0 Å². The van der Waals surface area contributed by atoms with E-state index in [2.05, 4.69) is 5.32 Å². The summed E-state index contributed by atoms with van der Waals surface area (Å²) >= 11 is 0. The molecule has 8 heteroatoms. The van der Waals surface area contributed by atoms with Crippen molar-refractivity contribution in [2.24, 2.45) is 10.7 Å². The molecule has 4 rings (SSSR count). The lowest BCUT2D eigenvalue weighted by Gasteiger charge is -2.40. The summed E-state index contributed by atoms with van der Waals surface area (Å²) in [6, 6.07) is 14.4. The molecule has 0 spiro atoms. The molecule has 2 atom stereocenters. The number of hydrogen-bond donors (Lipinski definition) is 2. The summed E-state index contributed by atoms with van der Waals surface area (Å²) in [7, 11) is 1.62. The molecule has 8 nitrogen and oxygen atoms in total. The maximum Gasteiger partial charge on any atom is 0.251 e. The highest BCUT2D eigenvalue weighted by atomic mass is 16.5. The lowest BCUT2D eigenvalue weighted by Crippen LogP contribution is -2.52. The summed E-state index contributed by atoms with van der Waals surface area (Å²) in [5.74, 6) is 0.721. The van der Waals surface area contributed by atoms with E-state index in [4.69, 9.17) is 20.2 Å². The Bertz CT molecular complexity index is 1190. The Balaban J connectivity index is 1.63. The van der Waals surface area contributed by atoms with Crippen molar-refractivity contribution in [3.8, 4) is 5.75 Å². The van der Waals surface area contributed by atoms with Gasteiger partial charge in [0, 0.05) is 24.8 Å². The number of carbonyl (C=O) groups excluding carboxylic acids is 2. The first kappa shape index (κ1) is 26.7. The van der Waals surface area contributed by atoms with Gasteiger partial charge in [-0.05, 0) is 56.9 Å². The molecule has 0 saturated carbocycles. The molecule has 198 valence electrons. The van der Waals surface area contributed by atoms with Crippen LogP contribution in [0.25, 0.3) is 0 Å². The molecular weight excluding hydrogens is 468 g/mol. The summed E-state index contributed by atoms with van der Waals surface area (Å²) in [6.45, 7) is 8.42. The van der Waals surface area contributed by atoms with E-state index in [-0.39, 0.29) is 23.8 Å². The lowest BCUT2D eigenvalue weighted by atomic mass is 9.87. The van der Waals surface area contributed by atoms with Gasteiger partial charge in [-0.25, -0.2) is 4.99 Å². The van der Waals surface area contributed by atoms with E-state index in [9.17, 15) is 9.59 Å². The van der Waals surface area contributed by atoms with Gasteiger partial charge in [0.25, 0.3) is 5.91 Å². The van der Waals surface area contributed by atoms with Crippen LogP contribution in [0.15, 0.2) is 53.5 Å². The van der Waals surface area contributed by atoms with Gasteiger partial charge >= 0.3 is 0 Å². The zero-order valence-corrected chi connectivity index (χ0v) is 22.4. The Morgan fingerprint density at radius 3 is 2.62 bits per heavy atom. The third-order valence-electron chi connectivity index (χ3n) is 7.68.